The molecule has 0 aliphatic carbocycles. The number of alkyl halides is 2. The quantitative estimate of drug-likeness (QED) is 0.807. The smallest absolute Gasteiger partial charge is 0.279 e. The van der Waals surface area contributed by atoms with Gasteiger partial charge < -0.3 is 9.47 Å². The SMILES string of the molecule is O=S(=O)(NCc1cccc(OCC(F)F)c1)N1CCOCC1. The summed E-state index contributed by atoms with van der Waals surface area (Å²) in [6, 6.07) is 6.39. The molecule has 1 heterocycles. The molecule has 0 radical (unpaired) electrons. The Hall–Kier alpha value is -1.29. The molecule has 9 heteroatoms. The third kappa shape index (κ3) is 5.16. The van der Waals surface area contributed by atoms with Crippen LogP contribution in [-0.2, 0) is 21.5 Å². The van der Waals surface area contributed by atoms with Gasteiger partial charge in [0.1, 0.15) is 12.4 Å². The lowest BCUT2D eigenvalue weighted by Crippen LogP contribution is -2.46. The van der Waals surface area contributed by atoms with Crippen molar-refractivity contribution in [1.82, 2.24) is 9.03 Å². The summed E-state index contributed by atoms with van der Waals surface area (Å²) in [6.45, 7) is 0.740. The number of rotatable bonds is 7. The number of halogens is 2. The predicted octanol–water partition coefficient (Wildman–Crippen LogP) is 0.997. The van der Waals surface area contributed by atoms with Gasteiger partial charge in [-0.1, -0.05) is 12.1 Å². The van der Waals surface area contributed by atoms with E-state index in [0.29, 0.717) is 31.9 Å². The molecule has 1 saturated heterocycles. The monoisotopic (exact) mass is 336 g/mol. The van der Waals surface area contributed by atoms with Gasteiger partial charge in [-0.3, -0.25) is 0 Å². The van der Waals surface area contributed by atoms with Crippen LogP contribution in [0.25, 0.3) is 0 Å². The molecule has 1 N–H and O–H groups in total. The van der Waals surface area contributed by atoms with Crippen molar-refractivity contribution in [3.05, 3.63) is 29.8 Å². The highest BCUT2D eigenvalue weighted by atomic mass is 32.2. The first kappa shape index (κ1) is 17.1. The fourth-order valence-electron chi connectivity index (χ4n) is 1.96. The number of benzene rings is 1. The minimum atomic E-state index is -3.58. The maximum absolute atomic E-state index is 12.1. The van der Waals surface area contributed by atoms with Gasteiger partial charge in [0.15, 0.2) is 0 Å². The number of nitrogens with zero attached hydrogens (tertiary/aromatic N) is 1. The van der Waals surface area contributed by atoms with E-state index in [-0.39, 0.29) is 12.3 Å². The number of ether oxygens (including phenoxy) is 2. The van der Waals surface area contributed by atoms with E-state index in [1.807, 2.05) is 0 Å². The molecule has 22 heavy (non-hydrogen) atoms. The van der Waals surface area contributed by atoms with Crippen LogP contribution in [0.15, 0.2) is 24.3 Å². The molecule has 0 unspecified atom stereocenters. The topological polar surface area (TPSA) is 67.9 Å². The van der Waals surface area contributed by atoms with Gasteiger partial charge in [-0.05, 0) is 17.7 Å². The molecule has 0 amide bonds. The molecule has 0 bridgehead atoms. The molecule has 1 aromatic rings. The summed E-state index contributed by atoms with van der Waals surface area (Å²) in [6.07, 6.45) is -2.55. The molecular weight excluding hydrogens is 318 g/mol. The van der Waals surface area contributed by atoms with Gasteiger partial charge in [-0.25, -0.2) is 8.78 Å². The van der Waals surface area contributed by atoms with Crippen molar-refractivity contribution in [1.29, 1.82) is 0 Å². The summed E-state index contributed by atoms with van der Waals surface area (Å²) in [5, 5.41) is 0. The molecule has 0 aromatic heterocycles. The molecule has 124 valence electrons. The number of nitrogens with one attached hydrogen (secondary N) is 1. The second-order valence-electron chi connectivity index (χ2n) is 4.69. The van der Waals surface area contributed by atoms with E-state index in [9.17, 15) is 17.2 Å². The van der Waals surface area contributed by atoms with Crippen molar-refractivity contribution < 1.29 is 26.7 Å². The third-order valence-corrected chi connectivity index (χ3v) is 4.60. The van der Waals surface area contributed by atoms with Crippen LogP contribution in [-0.4, -0.2) is 52.1 Å². The minimum absolute atomic E-state index is 0.0611. The van der Waals surface area contributed by atoms with Crippen LogP contribution in [0, 0.1) is 0 Å². The van der Waals surface area contributed by atoms with Crippen LogP contribution in [0.2, 0.25) is 0 Å². The Morgan fingerprint density at radius 3 is 2.73 bits per heavy atom. The van der Waals surface area contributed by atoms with Crippen LogP contribution in [0.5, 0.6) is 5.75 Å². The zero-order valence-electron chi connectivity index (χ0n) is 11.9. The third-order valence-electron chi connectivity index (χ3n) is 3.04. The maximum atomic E-state index is 12.1. The molecule has 2 rings (SSSR count). The van der Waals surface area contributed by atoms with Crippen LogP contribution < -0.4 is 9.46 Å². The molecule has 1 aromatic carbocycles. The van der Waals surface area contributed by atoms with E-state index in [1.165, 1.54) is 10.4 Å². The highest BCUT2D eigenvalue weighted by Crippen LogP contribution is 2.14. The number of hydrogen-bond donors (Lipinski definition) is 1. The van der Waals surface area contributed by atoms with Crippen LogP contribution in [0.1, 0.15) is 5.56 Å². The van der Waals surface area contributed by atoms with Gasteiger partial charge in [0, 0.05) is 19.6 Å². The highest BCUT2D eigenvalue weighted by molar-refractivity contribution is 7.87. The van der Waals surface area contributed by atoms with E-state index in [0.717, 1.165) is 0 Å². The molecular formula is C13H18F2N2O4S. The van der Waals surface area contributed by atoms with E-state index in [4.69, 9.17) is 9.47 Å². The first-order valence-electron chi connectivity index (χ1n) is 6.80. The average Bonchev–Trinajstić information content (AvgIpc) is 2.52. The number of morpholine rings is 1. The summed E-state index contributed by atoms with van der Waals surface area (Å²) < 4.78 is 62.2. The summed E-state index contributed by atoms with van der Waals surface area (Å²) in [5.74, 6) is 0.281. The van der Waals surface area contributed by atoms with Crippen molar-refractivity contribution >= 4 is 10.2 Å². The van der Waals surface area contributed by atoms with Gasteiger partial charge in [0.2, 0.25) is 0 Å². The molecule has 1 fully saturated rings. The summed E-state index contributed by atoms with van der Waals surface area (Å²) in [5.41, 5.74) is 0.628. The lowest BCUT2D eigenvalue weighted by Gasteiger charge is -2.26. The van der Waals surface area contributed by atoms with Gasteiger partial charge in [0.05, 0.1) is 13.2 Å². The Morgan fingerprint density at radius 2 is 2.05 bits per heavy atom. The predicted molar refractivity (Wildman–Crippen MR) is 76.1 cm³/mol. The molecule has 1 aliphatic rings. The normalized spacial score (nSPS) is 16.9. The molecule has 0 spiro atoms. The Bertz CT molecular complexity index is 577. The molecule has 0 atom stereocenters. The van der Waals surface area contributed by atoms with Gasteiger partial charge >= 0.3 is 0 Å². The fraction of sp³-hybridized carbons (Fsp3) is 0.538. The zero-order chi connectivity index (χ0) is 16.0. The largest absolute Gasteiger partial charge is 0.488 e. The minimum Gasteiger partial charge on any atom is -0.488 e. The Morgan fingerprint density at radius 1 is 1.32 bits per heavy atom. The van der Waals surface area contributed by atoms with E-state index >= 15 is 0 Å². The van der Waals surface area contributed by atoms with Gasteiger partial charge in [-0.2, -0.15) is 17.4 Å². The van der Waals surface area contributed by atoms with Crippen LogP contribution >= 0.6 is 0 Å². The maximum Gasteiger partial charge on any atom is 0.279 e. The van der Waals surface area contributed by atoms with Crippen molar-refractivity contribution in [2.45, 2.75) is 13.0 Å². The van der Waals surface area contributed by atoms with Crippen LogP contribution in [0.3, 0.4) is 0 Å². The van der Waals surface area contributed by atoms with Crippen molar-refractivity contribution in [2.24, 2.45) is 0 Å². The summed E-state index contributed by atoms with van der Waals surface area (Å²) in [7, 11) is -3.58. The second kappa shape index (κ2) is 7.82. The zero-order valence-corrected chi connectivity index (χ0v) is 12.7. The van der Waals surface area contributed by atoms with Gasteiger partial charge in [-0.15, -0.1) is 0 Å². The molecule has 1 aliphatic heterocycles. The van der Waals surface area contributed by atoms with E-state index < -0.39 is 23.2 Å². The van der Waals surface area contributed by atoms with E-state index in [1.54, 1.807) is 18.2 Å². The lowest BCUT2D eigenvalue weighted by molar-refractivity contribution is 0.0724. The van der Waals surface area contributed by atoms with E-state index in [2.05, 4.69) is 4.72 Å². The van der Waals surface area contributed by atoms with Crippen molar-refractivity contribution in [3.63, 3.8) is 0 Å². The molecule has 0 saturated carbocycles. The molecule has 6 nitrogen and oxygen atoms in total. The average molecular weight is 336 g/mol. The lowest BCUT2D eigenvalue weighted by atomic mass is 10.2. The van der Waals surface area contributed by atoms with Crippen molar-refractivity contribution in [2.75, 3.05) is 32.9 Å². The Balaban J connectivity index is 1.91. The summed E-state index contributed by atoms with van der Waals surface area (Å²) in [4.78, 5) is 0. The summed E-state index contributed by atoms with van der Waals surface area (Å²) >= 11 is 0. The van der Waals surface area contributed by atoms with Crippen molar-refractivity contribution in [3.8, 4) is 5.75 Å². The Kier molecular flexibility index (Phi) is 6.07. The second-order valence-corrected chi connectivity index (χ2v) is 6.44. The van der Waals surface area contributed by atoms with Gasteiger partial charge in [0.25, 0.3) is 16.6 Å². The van der Waals surface area contributed by atoms with Crippen LogP contribution in [0.4, 0.5) is 8.78 Å². The fourth-order valence-corrected chi connectivity index (χ4v) is 3.12. The Labute approximate surface area is 128 Å². The standard InChI is InChI=1S/C13H18F2N2O4S/c14-13(15)10-21-12-3-1-2-11(8-12)9-16-22(18,19)17-4-6-20-7-5-17/h1-3,8,13,16H,4-7,9-10H2. The highest BCUT2D eigenvalue weighted by Gasteiger charge is 2.23. The first-order chi connectivity index (χ1) is 10.5. The first-order valence-corrected chi connectivity index (χ1v) is 8.24. The number of hydrogen-bond acceptors (Lipinski definition) is 4.